The number of hydrogen-bond acceptors (Lipinski definition) is 4. The molecule has 3 rings (SSSR count). The van der Waals surface area contributed by atoms with E-state index in [-0.39, 0.29) is 5.91 Å². The molecule has 34 heavy (non-hydrogen) atoms. The summed E-state index contributed by atoms with van der Waals surface area (Å²) in [5.74, 6) is 1.33. The molecule has 0 N–H and O–H groups in total. The van der Waals surface area contributed by atoms with E-state index in [9.17, 15) is 4.79 Å². The molecule has 1 aliphatic heterocycles. The van der Waals surface area contributed by atoms with Crippen LogP contribution in [0.2, 0.25) is 5.02 Å². The summed E-state index contributed by atoms with van der Waals surface area (Å²) in [6.07, 6.45) is 8.92. The maximum atomic E-state index is 13.0. The minimum Gasteiger partial charge on any atom is -0.493 e. The standard InChI is InChI=1S/C28H37ClN2O3/c1-4-6-15-30(16-7-5-2)18-19-34-27-21-25-23(20-26(27)33-3)14-17-31(25)28(32)13-12-22-10-8-9-11-24(22)29/h8-13,20-21H,4-7,14-19H2,1-3H3/b13-12+. The van der Waals surface area contributed by atoms with Gasteiger partial charge in [-0.15, -0.1) is 0 Å². The third-order valence-electron chi connectivity index (χ3n) is 6.16. The number of rotatable bonds is 13. The molecule has 0 fully saturated rings. The van der Waals surface area contributed by atoms with Gasteiger partial charge in [-0.05, 0) is 61.7 Å². The van der Waals surface area contributed by atoms with Crippen molar-refractivity contribution < 1.29 is 14.3 Å². The van der Waals surface area contributed by atoms with Crippen LogP contribution in [0, 0.1) is 0 Å². The second kappa shape index (κ2) is 13.4. The van der Waals surface area contributed by atoms with E-state index in [1.54, 1.807) is 24.2 Å². The number of carbonyl (C=O) groups excluding carboxylic acids is 1. The van der Waals surface area contributed by atoms with Gasteiger partial charge < -0.3 is 14.4 Å². The highest BCUT2D eigenvalue weighted by molar-refractivity contribution is 6.32. The van der Waals surface area contributed by atoms with Crippen LogP contribution in [0.4, 0.5) is 5.69 Å². The smallest absolute Gasteiger partial charge is 0.251 e. The largest absolute Gasteiger partial charge is 0.493 e. The molecule has 0 bridgehead atoms. The third-order valence-corrected chi connectivity index (χ3v) is 6.50. The predicted octanol–water partition coefficient (Wildman–Crippen LogP) is 6.23. The molecule has 0 saturated heterocycles. The minimum absolute atomic E-state index is 0.0694. The fraction of sp³-hybridized carbons (Fsp3) is 0.464. The molecule has 0 unspecified atom stereocenters. The van der Waals surface area contributed by atoms with Crippen molar-refractivity contribution in [3.63, 3.8) is 0 Å². The number of hydrogen-bond donors (Lipinski definition) is 0. The molecule has 1 aliphatic rings. The van der Waals surface area contributed by atoms with Crippen molar-refractivity contribution in [2.75, 3.05) is 44.8 Å². The molecular formula is C28H37ClN2O3. The highest BCUT2D eigenvalue weighted by atomic mass is 35.5. The normalized spacial score (nSPS) is 13.0. The van der Waals surface area contributed by atoms with Gasteiger partial charge in [0.25, 0.3) is 5.91 Å². The molecule has 5 nitrogen and oxygen atoms in total. The van der Waals surface area contributed by atoms with Gasteiger partial charge in [0.2, 0.25) is 0 Å². The number of nitrogens with zero attached hydrogens (tertiary/aromatic N) is 2. The van der Waals surface area contributed by atoms with Crippen LogP contribution in [-0.2, 0) is 11.2 Å². The Kier molecular flexibility index (Phi) is 10.3. The lowest BCUT2D eigenvalue weighted by Gasteiger charge is -2.23. The van der Waals surface area contributed by atoms with Gasteiger partial charge in [0.05, 0.1) is 12.8 Å². The van der Waals surface area contributed by atoms with Gasteiger partial charge in [0, 0.05) is 30.3 Å². The van der Waals surface area contributed by atoms with Crippen LogP contribution in [-0.4, -0.2) is 50.7 Å². The van der Waals surface area contributed by atoms with Crippen LogP contribution in [0.5, 0.6) is 11.5 Å². The van der Waals surface area contributed by atoms with Gasteiger partial charge in [-0.25, -0.2) is 0 Å². The first-order valence-electron chi connectivity index (χ1n) is 12.4. The monoisotopic (exact) mass is 484 g/mol. The van der Waals surface area contributed by atoms with Crippen molar-refractivity contribution in [2.24, 2.45) is 0 Å². The van der Waals surface area contributed by atoms with E-state index >= 15 is 0 Å². The Morgan fingerprint density at radius 3 is 2.50 bits per heavy atom. The summed E-state index contributed by atoms with van der Waals surface area (Å²) in [7, 11) is 1.66. The maximum absolute atomic E-state index is 13.0. The van der Waals surface area contributed by atoms with E-state index < -0.39 is 0 Å². The molecule has 1 amide bonds. The van der Waals surface area contributed by atoms with Crippen molar-refractivity contribution in [1.29, 1.82) is 0 Å². The number of ether oxygens (including phenoxy) is 2. The summed E-state index contributed by atoms with van der Waals surface area (Å²) in [6.45, 7) is 8.74. The van der Waals surface area contributed by atoms with E-state index in [2.05, 4.69) is 18.7 Å². The van der Waals surface area contributed by atoms with Crippen molar-refractivity contribution in [3.05, 3.63) is 58.6 Å². The van der Waals surface area contributed by atoms with Crippen molar-refractivity contribution in [3.8, 4) is 11.5 Å². The second-order valence-corrected chi connectivity index (χ2v) is 9.03. The van der Waals surface area contributed by atoms with E-state index in [0.29, 0.717) is 29.7 Å². The number of carbonyl (C=O) groups is 1. The fourth-order valence-electron chi connectivity index (χ4n) is 4.14. The SMILES string of the molecule is CCCCN(CCCC)CCOc1cc2c(cc1OC)CCN2C(=O)/C=C/c1ccccc1Cl. The van der Waals surface area contributed by atoms with E-state index in [1.807, 2.05) is 36.4 Å². The van der Waals surface area contributed by atoms with Crippen molar-refractivity contribution >= 4 is 29.3 Å². The molecule has 184 valence electrons. The number of halogens is 1. The van der Waals surface area contributed by atoms with E-state index in [1.165, 1.54) is 25.7 Å². The Morgan fingerprint density at radius 1 is 1.09 bits per heavy atom. The maximum Gasteiger partial charge on any atom is 0.251 e. The van der Waals surface area contributed by atoms with Gasteiger partial charge in [0.1, 0.15) is 6.61 Å². The quantitative estimate of drug-likeness (QED) is 0.316. The highest BCUT2D eigenvalue weighted by Crippen LogP contribution is 2.39. The Hall–Kier alpha value is -2.50. The van der Waals surface area contributed by atoms with Crippen LogP contribution in [0.15, 0.2) is 42.5 Å². The zero-order chi connectivity index (χ0) is 24.3. The molecule has 0 aliphatic carbocycles. The first-order valence-corrected chi connectivity index (χ1v) is 12.7. The molecule has 0 aromatic heterocycles. The molecule has 6 heteroatoms. The molecule has 2 aromatic rings. The Balaban J connectivity index is 1.69. The Morgan fingerprint density at radius 2 is 1.82 bits per heavy atom. The van der Waals surface area contributed by atoms with Gasteiger partial charge in [-0.1, -0.05) is 56.5 Å². The highest BCUT2D eigenvalue weighted by Gasteiger charge is 2.26. The lowest BCUT2D eigenvalue weighted by Crippen LogP contribution is -2.30. The molecular weight excluding hydrogens is 448 g/mol. The van der Waals surface area contributed by atoms with Gasteiger partial charge in [-0.2, -0.15) is 0 Å². The Bertz CT molecular complexity index is 968. The summed E-state index contributed by atoms with van der Waals surface area (Å²) >= 11 is 6.22. The summed E-state index contributed by atoms with van der Waals surface area (Å²) in [5, 5.41) is 0.626. The summed E-state index contributed by atoms with van der Waals surface area (Å²) in [6, 6.07) is 11.4. The molecule has 1 heterocycles. The number of fused-ring (bicyclic) bond motifs is 1. The van der Waals surface area contributed by atoms with Gasteiger partial charge in [0.15, 0.2) is 11.5 Å². The minimum atomic E-state index is -0.0694. The molecule has 0 radical (unpaired) electrons. The number of anilines is 1. The summed E-state index contributed by atoms with van der Waals surface area (Å²) in [4.78, 5) is 17.2. The van der Waals surface area contributed by atoms with Crippen LogP contribution < -0.4 is 14.4 Å². The van der Waals surface area contributed by atoms with Crippen LogP contribution in [0.25, 0.3) is 6.08 Å². The van der Waals surface area contributed by atoms with Crippen LogP contribution in [0.3, 0.4) is 0 Å². The zero-order valence-electron chi connectivity index (χ0n) is 20.7. The topological polar surface area (TPSA) is 42.0 Å². The molecule has 2 aromatic carbocycles. The average Bonchev–Trinajstić information content (AvgIpc) is 3.27. The number of methoxy groups -OCH3 is 1. The molecule has 0 atom stereocenters. The number of benzene rings is 2. The lowest BCUT2D eigenvalue weighted by molar-refractivity contribution is -0.114. The predicted molar refractivity (Wildman–Crippen MR) is 141 cm³/mol. The summed E-state index contributed by atoms with van der Waals surface area (Å²) < 4.78 is 11.8. The number of unbranched alkanes of at least 4 members (excludes halogenated alkanes) is 2. The average molecular weight is 485 g/mol. The van der Waals surface area contributed by atoms with Gasteiger partial charge >= 0.3 is 0 Å². The first kappa shape index (κ1) is 26.1. The first-order chi connectivity index (χ1) is 16.6. The van der Waals surface area contributed by atoms with Crippen molar-refractivity contribution in [2.45, 2.75) is 46.0 Å². The molecule has 0 spiro atoms. The lowest BCUT2D eigenvalue weighted by atomic mass is 10.1. The molecule has 0 saturated carbocycles. The van der Waals surface area contributed by atoms with Crippen LogP contribution in [0.1, 0.15) is 50.7 Å². The van der Waals surface area contributed by atoms with Gasteiger partial charge in [-0.3, -0.25) is 9.69 Å². The van der Waals surface area contributed by atoms with Crippen molar-refractivity contribution in [1.82, 2.24) is 4.90 Å². The number of amides is 1. The Labute approximate surface area is 209 Å². The zero-order valence-corrected chi connectivity index (χ0v) is 21.4. The van der Waals surface area contributed by atoms with E-state index in [0.717, 1.165) is 42.9 Å². The van der Waals surface area contributed by atoms with Crippen LogP contribution >= 0.6 is 11.6 Å². The second-order valence-electron chi connectivity index (χ2n) is 8.62. The summed E-state index contributed by atoms with van der Waals surface area (Å²) in [5.41, 5.74) is 2.81. The third kappa shape index (κ3) is 7.00. The van der Waals surface area contributed by atoms with E-state index in [4.69, 9.17) is 21.1 Å². The fourth-order valence-corrected chi connectivity index (χ4v) is 4.34.